The maximum absolute atomic E-state index is 12.5. The maximum atomic E-state index is 12.5. The average molecular weight is 346 g/mol. The van der Waals surface area contributed by atoms with E-state index in [1.807, 2.05) is 13.0 Å². The monoisotopic (exact) mass is 346 g/mol. The van der Waals surface area contributed by atoms with E-state index in [-0.39, 0.29) is 11.7 Å². The van der Waals surface area contributed by atoms with Gasteiger partial charge in [-0.05, 0) is 56.2 Å². The zero-order valence-corrected chi connectivity index (χ0v) is 14.5. The first-order chi connectivity index (χ1) is 11.4. The molecule has 24 heavy (non-hydrogen) atoms. The van der Waals surface area contributed by atoms with Crippen LogP contribution in [0, 0.1) is 13.8 Å². The largest absolute Gasteiger partial charge is 0.454 e. The number of rotatable bonds is 4. The van der Waals surface area contributed by atoms with Gasteiger partial charge in [-0.2, -0.15) is 18.4 Å². The minimum atomic E-state index is -3.72. The van der Waals surface area contributed by atoms with Gasteiger partial charge in [-0.25, -0.2) is 0 Å². The molecule has 1 heterocycles. The summed E-state index contributed by atoms with van der Waals surface area (Å²) in [6.07, 6.45) is 0. The van der Waals surface area contributed by atoms with Crippen LogP contribution in [0.15, 0.2) is 46.4 Å². The predicted octanol–water partition coefficient (Wildman–Crippen LogP) is 2.73. The van der Waals surface area contributed by atoms with E-state index in [2.05, 4.69) is 9.93 Å². The van der Waals surface area contributed by atoms with E-state index >= 15 is 0 Å². The Morgan fingerprint density at radius 2 is 1.83 bits per heavy atom. The Kier molecular flexibility index (Phi) is 4.19. The van der Waals surface area contributed by atoms with Crippen LogP contribution in [0.25, 0.3) is 0 Å². The highest BCUT2D eigenvalue weighted by Gasteiger charge is 2.17. The summed E-state index contributed by atoms with van der Waals surface area (Å²) in [5.74, 6) is 1.29. The lowest BCUT2D eigenvalue weighted by molar-refractivity contribution is 0.174. The van der Waals surface area contributed by atoms with Crippen LogP contribution in [0.5, 0.6) is 11.5 Å². The van der Waals surface area contributed by atoms with Gasteiger partial charge in [0.2, 0.25) is 6.79 Å². The molecule has 0 saturated heterocycles. The topological polar surface area (TPSA) is 77.0 Å². The molecule has 0 aromatic heterocycles. The second-order valence-corrected chi connectivity index (χ2v) is 7.26. The predicted molar refractivity (Wildman–Crippen MR) is 91.0 cm³/mol. The van der Waals surface area contributed by atoms with E-state index in [0.29, 0.717) is 22.8 Å². The van der Waals surface area contributed by atoms with Gasteiger partial charge in [0.05, 0.1) is 10.6 Å². The zero-order valence-electron chi connectivity index (χ0n) is 13.7. The second-order valence-electron chi connectivity index (χ2n) is 5.63. The van der Waals surface area contributed by atoms with Crippen molar-refractivity contribution >= 4 is 15.7 Å². The molecule has 0 aliphatic carbocycles. The van der Waals surface area contributed by atoms with Crippen LogP contribution in [-0.4, -0.2) is 20.9 Å². The first-order valence-electron chi connectivity index (χ1n) is 7.40. The molecule has 126 valence electrons. The molecule has 0 unspecified atom stereocenters. The van der Waals surface area contributed by atoms with Crippen LogP contribution in [0.2, 0.25) is 0 Å². The number of sulfonamides is 1. The van der Waals surface area contributed by atoms with Gasteiger partial charge in [0.25, 0.3) is 10.0 Å². The number of hydrogen-bond acceptors (Lipinski definition) is 5. The quantitative estimate of drug-likeness (QED) is 0.682. The molecule has 1 N–H and O–H groups in total. The normalized spacial score (nSPS) is 13.9. The van der Waals surface area contributed by atoms with Gasteiger partial charge in [-0.3, -0.25) is 0 Å². The van der Waals surface area contributed by atoms with Crippen molar-refractivity contribution in [2.75, 3.05) is 6.79 Å². The Balaban J connectivity index is 1.85. The zero-order chi connectivity index (χ0) is 17.3. The van der Waals surface area contributed by atoms with Crippen molar-refractivity contribution in [2.24, 2.45) is 5.10 Å². The number of nitrogens with zero attached hydrogens (tertiary/aromatic N) is 1. The summed E-state index contributed by atoms with van der Waals surface area (Å²) < 4.78 is 35.5. The molecule has 7 heteroatoms. The Morgan fingerprint density at radius 1 is 1.08 bits per heavy atom. The van der Waals surface area contributed by atoms with Crippen molar-refractivity contribution in [1.82, 2.24) is 4.83 Å². The smallest absolute Gasteiger partial charge is 0.276 e. The molecule has 1 aliphatic rings. The van der Waals surface area contributed by atoms with Crippen LogP contribution in [0.4, 0.5) is 0 Å². The average Bonchev–Trinajstić information content (AvgIpc) is 3.02. The van der Waals surface area contributed by atoms with Gasteiger partial charge >= 0.3 is 0 Å². The van der Waals surface area contributed by atoms with Crippen LogP contribution in [-0.2, 0) is 10.0 Å². The summed E-state index contributed by atoms with van der Waals surface area (Å²) >= 11 is 0. The van der Waals surface area contributed by atoms with E-state index < -0.39 is 10.0 Å². The molecule has 2 aromatic rings. The van der Waals surface area contributed by atoms with E-state index in [1.54, 1.807) is 44.2 Å². The van der Waals surface area contributed by atoms with Gasteiger partial charge < -0.3 is 9.47 Å². The van der Waals surface area contributed by atoms with E-state index in [0.717, 1.165) is 11.1 Å². The first kappa shape index (κ1) is 16.3. The molecule has 0 saturated carbocycles. The number of hydrazone groups is 1. The molecule has 3 rings (SSSR count). The van der Waals surface area contributed by atoms with E-state index in [9.17, 15) is 8.42 Å². The SMILES string of the molecule is C/C(=N\NS(=O)(=O)c1cc(C)ccc1C)c1ccc2c(c1)OCO2. The van der Waals surface area contributed by atoms with Crippen molar-refractivity contribution in [3.63, 3.8) is 0 Å². The van der Waals surface area contributed by atoms with Crippen LogP contribution in [0.3, 0.4) is 0 Å². The number of nitrogens with one attached hydrogen (secondary N) is 1. The summed E-state index contributed by atoms with van der Waals surface area (Å²) in [5.41, 5.74) is 2.83. The molecule has 0 atom stereocenters. The number of benzene rings is 2. The fraction of sp³-hybridized carbons (Fsp3) is 0.235. The molecule has 2 aromatic carbocycles. The lowest BCUT2D eigenvalue weighted by atomic mass is 10.1. The van der Waals surface area contributed by atoms with Crippen LogP contribution >= 0.6 is 0 Å². The molecule has 0 amide bonds. The molecule has 6 nitrogen and oxygen atoms in total. The number of fused-ring (bicyclic) bond motifs is 1. The Labute approximate surface area is 141 Å². The fourth-order valence-corrected chi connectivity index (χ4v) is 3.55. The summed E-state index contributed by atoms with van der Waals surface area (Å²) in [5, 5.41) is 4.02. The van der Waals surface area contributed by atoms with Crippen molar-refractivity contribution in [3.8, 4) is 11.5 Å². The summed E-state index contributed by atoms with van der Waals surface area (Å²) in [4.78, 5) is 2.52. The molecular formula is C17H18N2O4S. The standard InChI is InChI=1S/C17H18N2O4S/c1-11-4-5-12(2)17(8-11)24(20,21)19-18-13(3)14-6-7-15-16(9-14)23-10-22-15/h4-9,19H,10H2,1-3H3/b18-13+. The minimum absolute atomic E-state index is 0.189. The van der Waals surface area contributed by atoms with Gasteiger partial charge in [0, 0.05) is 5.56 Å². The fourth-order valence-electron chi connectivity index (χ4n) is 2.36. The number of ether oxygens (including phenoxy) is 2. The Hall–Kier alpha value is -2.54. The summed E-state index contributed by atoms with van der Waals surface area (Å²) in [6, 6.07) is 10.6. The first-order valence-corrected chi connectivity index (χ1v) is 8.88. The lowest BCUT2D eigenvalue weighted by Gasteiger charge is -2.09. The molecule has 1 aliphatic heterocycles. The highest BCUT2D eigenvalue weighted by atomic mass is 32.2. The third-order valence-corrected chi connectivity index (χ3v) is 5.11. The molecule has 0 radical (unpaired) electrons. The highest BCUT2D eigenvalue weighted by Crippen LogP contribution is 2.32. The summed E-state index contributed by atoms with van der Waals surface area (Å²) in [6.45, 7) is 5.51. The number of aryl methyl sites for hydroxylation is 2. The van der Waals surface area contributed by atoms with Crippen LogP contribution < -0.4 is 14.3 Å². The molecule has 0 bridgehead atoms. The van der Waals surface area contributed by atoms with Crippen molar-refractivity contribution in [1.29, 1.82) is 0 Å². The number of hydrogen-bond donors (Lipinski definition) is 1. The third kappa shape index (κ3) is 3.21. The van der Waals surface area contributed by atoms with Gasteiger partial charge in [-0.15, -0.1) is 0 Å². The van der Waals surface area contributed by atoms with Crippen molar-refractivity contribution in [2.45, 2.75) is 25.7 Å². The molecule has 0 fully saturated rings. The van der Waals surface area contributed by atoms with Gasteiger partial charge in [0.15, 0.2) is 11.5 Å². The highest BCUT2D eigenvalue weighted by molar-refractivity contribution is 7.89. The van der Waals surface area contributed by atoms with Crippen LogP contribution in [0.1, 0.15) is 23.6 Å². The maximum Gasteiger partial charge on any atom is 0.276 e. The third-order valence-electron chi connectivity index (χ3n) is 3.76. The Bertz CT molecular complexity index is 920. The summed E-state index contributed by atoms with van der Waals surface area (Å²) in [7, 11) is -3.72. The lowest BCUT2D eigenvalue weighted by Crippen LogP contribution is -2.21. The van der Waals surface area contributed by atoms with E-state index in [4.69, 9.17) is 9.47 Å². The van der Waals surface area contributed by atoms with Gasteiger partial charge in [0.1, 0.15) is 0 Å². The van der Waals surface area contributed by atoms with E-state index in [1.165, 1.54) is 0 Å². The second kappa shape index (κ2) is 6.16. The van der Waals surface area contributed by atoms with Crippen molar-refractivity contribution in [3.05, 3.63) is 53.1 Å². The minimum Gasteiger partial charge on any atom is -0.454 e. The molecular weight excluding hydrogens is 328 g/mol. The molecule has 0 spiro atoms. The van der Waals surface area contributed by atoms with Crippen molar-refractivity contribution < 1.29 is 17.9 Å². The Morgan fingerprint density at radius 3 is 2.62 bits per heavy atom. The van der Waals surface area contributed by atoms with Gasteiger partial charge in [-0.1, -0.05) is 12.1 Å².